The summed E-state index contributed by atoms with van der Waals surface area (Å²) in [4.78, 5) is 14.6. The van der Waals surface area contributed by atoms with Crippen molar-refractivity contribution in [1.82, 2.24) is 9.80 Å². The van der Waals surface area contributed by atoms with Crippen LogP contribution in [-0.4, -0.2) is 71.9 Å². The fraction of sp³-hybridized carbons (Fsp3) is 0.889. The molecule has 0 unspecified atom stereocenters. The molecule has 14 heavy (non-hydrogen) atoms. The van der Waals surface area contributed by atoms with E-state index < -0.39 is 5.97 Å². The van der Waals surface area contributed by atoms with E-state index in [9.17, 15) is 4.79 Å². The van der Waals surface area contributed by atoms with Gasteiger partial charge in [0.25, 0.3) is 0 Å². The molecule has 0 aliphatic carbocycles. The van der Waals surface area contributed by atoms with Crippen molar-refractivity contribution in [3.05, 3.63) is 0 Å². The quantitative estimate of drug-likeness (QED) is 0.616. The molecule has 0 radical (unpaired) electrons. The average Bonchev–Trinajstić information content (AvgIpc) is 2.31. The summed E-state index contributed by atoms with van der Waals surface area (Å²) in [6, 6.07) is 0. The molecular formula is C9H18N2O3. The minimum Gasteiger partial charge on any atom is -0.480 e. The van der Waals surface area contributed by atoms with Crippen molar-refractivity contribution in [3.63, 3.8) is 0 Å². The van der Waals surface area contributed by atoms with E-state index >= 15 is 0 Å². The van der Waals surface area contributed by atoms with E-state index in [-0.39, 0.29) is 13.2 Å². The standard InChI is InChI=1S/C9H18N2O3/c12-7-6-10-2-1-3-11(5-4-10)8-9(13)14/h12H,1-8H2,(H,13,14). The van der Waals surface area contributed by atoms with Crippen LogP contribution in [0.1, 0.15) is 6.42 Å². The second kappa shape index (κ2) is 5.95. The van der Waals surface area contributed by atoms with E-state index in [2.05, 4.69) is 4.90 Å². The molecule has 0 bridgehead atoms. The third-order valence-corrected chi connectivity index (χ3v) is 2.46. The summed E-state index contributed by atoms with van der Waals surface area (Å²) < 4.78 is 0. The monoisotopic (exact) mass is 202 g/mol. The predicted octanol–water partition coefficient (Wildman–Crippen LogP) is -0.929. The largest absolute Gasteiger partial charge is 0.480 e. The number of aliphatic carboxylic acids is 1. The van der Waals surface area contributed by atoms with Gasteiger partial charge in [0, 0.05) is 26.2 Å². The normalized spacial score (nSPS) is 20.6. The molecule has 1 fully saturated rings. The van der Waals surface area contributed by atoms with E-state index in [4.69, 9.17) is 10.2 Å². The summed E-state index contributed by atoms with van der Waals surface area (Å²) in [7, 11) is 0. The molecule has 0 aromatic carbocycles. The van der Waals surface area contributed by atoms with Crippen molar-refractivity contribution in [2.45, 2.75) is 6.42 Å². The molecule has 1 rings (SSSR count). The van der Waals surface area contributed by atoms with Gasteiger partial charge in [0.2, 0.25) is 0 Å². The van der Waals surface area contributed by atoms with Crippen LogP contribution in [-0.2, 0) is 4.79 Å². The van der Waals surface area contributed by atoms with E-state index in [0.29, 0.717) is 6.54 Å². The minimum absolute atomic E-state index is 0.132. The summed E-state index contributed by atoms with van der Waals surface area (Å²) in [5, 5.41) is 17.4. The van der Waals surface area contributed by atoms with Gasteiger partial charge in [-0.05, 0) is 13.0 Å². The van der Waals surface area contributed by atoms with Gasteiger partial charge in [-0.25, -0.2) is 0 Å². The second-order valence-corrected chi connectivity index (χ2v) is 3.59. The number of carboxylic acid groups (broad SMARTS) is 1. The third kappa shape index (κ3) is 4.04. The highest BCUT2D eigenvalue weighted by atomic mass is 16.4. The Morgan fingerprint density at radius 3 is 2.43 bits per heavy atom. The van der Waals surface area contributed by atoms with E-state index in [1.54, 1.807) is 0 Å². The molecule has 0 aromatic heterocycles. The van der Waals surface area contributed by atoms with E-state index in [0.717, 1.165) is 32.6 Å². The molecule has 1 aliphatic heterocycles. The molecule has 0 spiro atoms. The highest BCUT2D eigenvalue weighted by molar-refractivity contribution is 5.69. The third-order valence-electron chi connectivity index (χ3n) is 2.46. The first kappa shape index (κ1) is 11.4. The van der Waals surface area contributed by atoms with Crippen molar-refractivity contribution in [1.29, 1.82) is 0 Å². The van der Waals surface area contributed by atoms with Crippen LogP contribution in [0.4, 0.5) is 0 Å². The van der Waals surface area contributed by atoms with Crippen LogP contribution in [0, 0.1) is 0 Å². The first-order valence-electron chi connectivity index (χ1n) is 4.99. The number of hydrogen-bond acceptors (Lipinski definition) is 4. The fourth-order valence-electron chi connectivity index (χ4n) is 1.74. The van der Waals surface area contributed by atoms with Gasteiger partial charge < -0.3 is 10.2 Å². The summed E-state index contributed by atoms with van der Waals surface area (Å²) >= 11 is 0. The molecule has 0 saturated carbocycles. The topological polar surface area (TPSA) is 64.0 Å². The lowest BCUT2D eigenvalue weighted by Crippen LogP contribution is -2.34. The average molecular weight is 202 g/mol. The maximum Gasteiger partial charge on any atom is 0.317 e. The van der Waals surface area contributed by atoms with Crippen LogP contribution >= 0.6 is 0 Å². The van der Waals surface area contributed by atoms with Crippen LogP contribution < -0.4 is 0 Å². The number of rotatable bonds is 4. The zero-order chi connectivity index (χ0) is 10.4. The Bertz CT molecular complexity index is 187. The molecule has 1 heterocycles. The second-order valence-electron chi connectivity index (χ2n) is 3.59. The van der Waals surface area contributed by atoms with Crippen molar-refractivity contribution >= 4 is 5.97 Å². The number of aliphatic hydroxyl groups is 1. The van der Waals surface area contributed by atoms with E-state index in [1.807, 2.05) is 4.90 Å². The van der Waals surface area contributed by atoms with Crippen LogP contribution in [0.5, 0.6) is 0 Å². The van der Waals surface area contributed by atoms with Gasteiger partial charge in [0.1, 0.15) is 0 Å². The Kier molecular flexibility index (Phi) is 4.86. The highest BCUT2D eigenvalue weighted by Gasteiger charge is 2.15. The summed E-state index contributed by atoms with van der Waals surface area (Å²) in [5.74, 6) is -0.763. The van der Waals surface area contributed by atoms with Gasteiger partial charge in [-0.15, -0.1) is 0 Å². The Morgan fingerprint density at radius 1 is 1.14 bits per heavy atom. The molecular weight excluding hydrogens is 184 g/mol. The van der Waals surface area contributed by atoms with Crippen LogP contribution in [0.2, 0.25) is 0 Å². The number of nitrogens with zero attached hydrogens (tertiary/aromatic N) is 2. The molecule has 0 amide bonds. The van der Waals surface area contributed by atoms with Crippen molar-refractivity contribution in [3.8, 4) is 0 Å². The van der Waals surface area contributed by atoms with Gasteiger partial charge in [-0.3, -0.25) is 14.6 Å². The SMILES string of the molecule is O=C(O)CN1CCCN(CCO)CC1. The summed E-state index contributed by atoms with van der Waals surface area (Å²) in [5.41, 5.74) is 0. The van der Waals surface area contributed by atoms with Crippen molar-refractivity contribution in [2.24, 2.45) is 0 Å². The number of hydrogen-bond donors (Lipinski definition) is 2. The minimum atomic E-state index is -0.763. The predicted molar refractivity (Wildman–Crippen MR) is 52.2 cm³/mol. The van der Waals surface area contributed by atoms with Gasteiger partial charge >= 0.3 is 5.97 Å². The molecule has 1 aliphatic rings. The zero-order valence-electron chi connectivity index (χ0n) is 8.35. The van der Waals surface area contributed by atoms with E-state index in [1.165, 1.54) is 0 Å². The molecule has 5 heteroatoms. The van der Waals surface area contributed by atoms with Crippen molar-refractivity contribution in [2.75, 3.05) is 45.9 Å². The van der Waals surface area contributed by atoms with Gasteiger partial charge in [-0.2, -0.15) is 0 Å². The Morgan fingerprint density at radius 2 is 1.79 bits per heavy atom. The van der Waals surface area contributed by atoms with Crippen molar-refractivity contribution < 1.29 is 15.0 Å². The summed E-state index contributed by atoms with van der Waals surface area (Å²) in [6.07, 6.45) is 0.979. The lowest BCUT2D eigenvalue weighted by Gasteiger charge is -2.19. The zero-order valence-corrected chi connectivity index (χ0v) is 8.35. The maximum absolute atomic E-state index is 10.5. The fourth-order valence-corrected chi connectivity index (χ4v) is 1.74. The molecule has 5 nitrogen and oxygen atoms in total. The van der Waals surface area contributed by atoms with Crippen LogP contribution in [0.3, 0.4) is 0 Å². The van der Waals surface area contributed by atoms with Crippen LogP contribution in [0.25, 0.3) is 0 Å². The molecule has 2 N–H and O–H groups in total. The van der Waals surface area contributed by atoms with Gasteiger partial charge in [0.15, 0.2) is 0 Å². The highest BCUT2D eigenvalue weighted by Crippen LogP contribution is 2.01. The smallest absolute Gasteiger partial charge is 0.317 e. The number of β-amino-alcohol motifs (C(OH)–C–C–N with tert-alkyl or cyclic N) is 1. The number of carbonyl (C=O) groups is 1. The Balaban J connectivity index is 2.29. The molecule has 0 atom stereocenters. The Labute approximate surface area is 83.9 Å². The number of aliphatic hydroxyl groups excluding tert-OH is 1. The first-order chi connectivity index (χ1) is 6.72. The van der Waals surface area contributed by atoms with Gasteiger partial charge in [0.05, 0.1) is 13.2 Å². The van der Waals surface area contributed by atoms with Gasteiger partial charge in [-0.1, -0.05) is 0 Å². The lowest BCUT2D eigenvalue weighted by molar-refractivity contribution is -0.138. The molecule has 82 valence electrons. The van der Waals surface area contributed by atoms with Crippen LogP contribution in [0.15, 0.2) is 0 Å². The molecule has 0 aromatic rings. The summed E-state index contributed by atoms with van der Waals surface area (Å²) in [6.45, 7) is 4.44. The lowest BCUT2D eigenvalue weighted by atomic mass is 10.4. The first-order valence-corrected chi connectivity index (χ1v) is 4.99. The maximum atomic E-state index is 10.5. The Hall–Kier alpha value is -0.650. The number of carboxylic acids is 1. The molecule has 1 saturated heterocycles.